The van der Waals surface area contributed by atoms with Gasteiger partial charge < -0.3 is 15.6 Å². The van der Waals surface area contributed by atoms with Gasteiger partial charge in [0.15, 0.2) is 0 Å². The molecule has 0 aromatic heterocycles. The van der Waals surface area contributed by atoms with Crippen LogP contribution in [0.25, 0.3) is 0 Å². The molecule has 112 valence electrons. The predicted octanol–water partition coefficient (Wildman–Crippen LogP) is 1.60. The third-order valence-corrected chi connectivity index (χ3v) is 1.25. The molecular weight excluding hydrogens is 262 g/mol. The highest BCUT2D eigenvalue weighted by atomic mass is 16.5. The van der Waals surface area contributed by atoms with Crippen LogP contribution in [0.1, 0.15) is 13.8 Å². The van der Waals surface area contributed by atoms with Gasteiger partial charge in [0.2, 0.25) is 5.91 Å². The Morgan fingerprint density at radius 1 is 1.15 bits per heavy atom. The largest absolute Gasteiger partial charge is 0.478 e. The molecule has 0 rings (SSSR count). The fourth-order valence-electron chi connectivity index (χ4n) is 0.258. The minimum atomic E-state index is -0.935. The summed E-state index contributed by atoms with van der Waals surface area (Å²) in [6, 6.07) is 0. The smallest absolute Gasteiger partial charge is 0.333 e. The topological polar surface area (TPSA) is 107 Å². The second-order valence-corrected chi connectivity index (χ2v) is 3.36. The number of hydrogen-bond donors (Lipinski definition) is 2. The van der Waals surface area contributed by atoms with Gasteiger partial charge in [-0.3, -0.25) is 4.79 Å². The Morgan fingerprint density at radius 3 is 1.65 bits per heavy atom. The predicted molar refractivity (Wildman–Crippen MR) is 77.8 cm³/mol. The molecule has 6 heteroatoms. The van der Waals surface area contributed by atoms with Crippen LogP contribution < -0.4 is 5.73 Å². The molecule has 0 fully saturated rings. The Kier molecular flexibility index (Phi) is 16.3. The summed E-state index contributed by atoms with van der Waals surface area (Å²) in [6.45, 7) is 16.3. The number of primary amides is 1. The molecule has 0 bridgehead atoms. The number of aliphatic carboxylic acids is 1. The lowest BCUT2D eigenvalue weighted by Crippen LogP contribution is -2.04. The van der Waals surface area contributed by atoms with Crippen LogP contribution in [0.3, 0.4) is 0 Å². The van der Waals surface area contributed by atoms with Crippen LogP contribution in [0, 0.1) is 0 Å². The molecule has 0 aliphatic rings. The molecule has 0 heterocycles. The summed E-state index contributed by atoms with van der Waals surface area (Å²) in [5, 5.41) is 7.89. The summed E-state index contributed by atoms with van der Waals surface area (Å²) >= 11 is 0. The van der Waals surface area contributed by atoms with Crippen LogP contribution >= 0.6 is 0 Å². The van der Waals surface area contributed by atoms with E-state index >= 15 is 0 Å². The van der Waals surface area contributed by atoms with Gasteiger partial charge in [-0.2, -0.15) is 0 Å². The number of amides is 1. The van der Waals surface area contributed by atoms with E-state index in [1.807, 2.05) is 0 Å². The third-order valence-electron chi connectivity index (χ3n) is 1.25. The van der Waals surface area contributed by atoms with E-state index in [0.29, 0.717) is 5.57 Å². The van der Waals surface area contributed by atoms with Gasteiger partial charge in [0, 0.05) is 11.1 Å². The number of carboxylic acid groups (broad SMARTS) is 1. The number of esters is 1. The van der Waals surface area contributed by atoms with E-state index in [-0.39, 0.29) is 18.1 Å². The fraction of sp³-hybridized carbons (Fsp3) is 0.214. The van der Waals surface area contributed by atoms with Crippen molar-refractivity contribution in [3.8, 4) is 0 Å². The minimum absolute atomic E-state index is 0.176. The normalized spacial score (nSPS) is 7.50. The van der Waals surface area contributed by atoms with Gasteiger partial charge in [-0.15, -0.1) is 0 Å². The third kappa shape index (κ3) is 24.6. The molecule has 0 aliphatic carbocycles. The van der Waals surface area contributed by atoms with Crippen LogP contribution in [-0.2, 0) is 19.1 Å². The fourth-order valence-corrected chi connectivity index (χ4v) is 0.258. The molecule has 1 amide bonds. The first-order chi connectivity index (χ1) is 9.09. The highest BCUT2D eigenvalue weighted by Crippen LogP contribution is 1.90. The number of rotatable bonds is 5. The number of carbonyl (C=O) groups excluding carboxylic acids is 2. The van der Waals surface area contributed by atoms with E-state index in [9.17, 15) is 14.4 Å². The van der Waals surface area contributed by atoms with Crippen molar-refractivity contribution in [2.45, 2.75) is 13.8 Å². The van der Waals surface area contributed by atoms with Crippen LogP contribution in [0.5, 0.6) is 0 Å². The van der Waals surface area contributed by atoms with E-state index in [1.165, 1.54) is 13.0 Å². The maximum absolute atomic E-state index is 10.5. The molecule has 0 aromatic rings. The Balaban J connectivity index is -0.000000230. The van der Waals surface area contributed by atoms with Gasteiger partial charge in [0.05, 0.1) is 0 Å². The van der Waals surface area contributed by atoms with Crippen LogP contribution in [0.15, 0.2) is 49.6 Å². The lowest BCUT2D eigenvalue weighted by atomic mass is 10.4. The SMILES string of the molecule is C=C(C)C(=O)O.C=CC(N)=O.C=CCOC(=O)C(=C)C. The summed E-state index contributed by atoms with van der Waals surface area (Å²) in [4.78, 5) is 29.6. The molecule has 6 nitrogen and oxygen atoms in total. The minimum Gasteiger partial charge on any atom is -0.478 e. The zero-order chi connectivity index (χ0) is 16.7. The molecule has 0 unspecified atom stereocenters. The number of hydrogen-bond acceptors (Lipinski definition) is 4. The Labute approximate surface area is 118 Å². The van der Waals surface area contributed by atoms with Gasteiger partial charge in [-0.1, -0.05) is 32.4 Å². The van der Waals surface area contributed by atoms with Crippen molar-refractivity contribution in [2.24, 2.45) is 5.73 Å². The summed E-state index contributed by atoms with van der Waals surface area (Å²) in [5.74, 6) is -1.78. The highest BCUT2D eigenvalue weighted by Gasteiger charge is 1.98. The van der Waals surface area contributed by atoms with E-state index in [0.717, 1.165) is 6.08 Å². The molecule has 0 saturated heterocycles. The van der Waals surface area contributed by atoms with E-state index in [4.69, 9.17) is 5.11 Å². The van der Waals surface area contributed by atoms with Gasteiger partial charge >= 0.3 is 11.9 Å². The van der Waals surface area contributed by atoms with Crippen molar-refractivity contribution in [3.05, 3.63) is 49.6 Å². The molecule has 0 radical (unpaired) electrons. The lowest BCUT2D eigenvalue weighted by Gasteiger charge is -1.97. The van der Waals surface area contributed by atoms with Crippen molar-refractivity contribution in [1.82, 2.24) is 0 Å². The highest BCUT2D eigenvalue weighted by molar-refractivity contribution is 5.87. The van der Waals surface area contributed by atoms with Crippen LogP contribution in [0.4, 0.5) is 0 Å². The molecule has 0 aliphatic heterocycles. The Hall–Kier alpha value is -2.63. The standard InChI is InChI=1S/C7H10O2.C4H6O2.C3H5NO/c1-4-5-9-7(8)6(2)3;1-3(2)4(5)6;1-2-3(4)5/h4H,1-2,5H2,3H3;1H2,2H3,(H,5,6);2H,1H2,(H2,4,5). The average Bonchev–Trinajstić information content (AvgIpc) is 2.36. The van der Waals surface area contributed by atoms with Crippen LogP contribution in [-0.4, -0.2) is 29.6 Å². The van der Waals surface area contributed by atoms with Crippen molar-refractivity contribution in [1.29, 1.82) is 0 Å². The van der Waals surface area contributed by atoms with Crippen molar-refractivity contribution >= 4 is 17.8 Å². The molecule has 0 aromatic carbocycles. The molecule has 0 saturated carbocycles. The van der Waals surface area contributed by atoms with Crippen molar-refractivity contribution in [2.75, 3.05) is 6.61 Å². The summed E-state index contributed by atoms with van der Waals surface area (Å²) in [7, 11) is 0. The molecule has 3 N–H and O–H groups in total. The summed E-state index contributed by atoms with van der Waals surface area (Å²) < 4.78 is 4.60. The van der Waals surface area contributed by atoms with E-state index in [1.54, 1.807) is 6.92 Å². The van der Waals surface area contributed by atoms with Gasteiger partial charge in [0.25, 0.3) is 0 Å². The van der Waals surface area contributed by atoms with Gasteiger partial charge in [0.1, 0.15) is 6.61 Å². The zero-order valence-corrected chi connectivity index (χ0v) is 11.8. The monoisotopic (exact) mass is 283 g/mol. The first-order valence-electron chi connectivity index (χ1n) is 5.34. The second-order valence-electron chi connectivity index (χ2n) is 3.36. The first-order valence-corrected chi connectivity index (χ1v) is 5.34. The maximum Gasteiger partial charge on any atom is 0.333 e. The Morgan fingerprint density at radius 2 is 1.50 bits per heavy atom. The zero-order valence-electron chi connectivity index (χ0n) is 11.8. The van der Waals surface area contributed by atoms with E-state index < -0.39 is 11.9 Å². The molecule has 0 spiro atoms. The number of carbonyl (C=O) groups is 3. The number of nitrogens with two attached hydrogens (primary N) is 1. The quantitative estimate of drug-likeness (QED) is 0.452. The van der Waals surface area contributed by atoms with Crippen LogP contribution in [0.2, 0.25) is 0 Å². The van der Waals surface area contributed by atoms with E-state index in [2.05, 4.69) is 36.8 Å². The number of carboxylic acids is 1. The Bertz CT molecular complexity index is 384. The van der Waals surface area contributed by atoms with Gasteiger partial charge in [-0.05, 0) is 19.9 Å². The second kappa shape index (κ2) is 14.4. The summed E-state index contributed by atoms with van der Waals surface area (Å²) in [5.41, 5.74) is 5.12. The molecule has 20 heavy (non-hydrogen) atoms. The van der Waals surface area contributed by atoms with Crippen molar-refractivity contribution in [3.63, 3.8) is 0 Å². The average molecular weight is 283 g/mol. The first kappa shape index (κ1) is 22.5. The van der Waals surface area contributed by atoms with Crippen molar-refractivity contribution < 1.29 is 24.2 Å². The number of ether oxygens (including phenoxy) is 1. The van der Waals surface area contributed by atoms with Gasteiger partial charge in [-0.25, -0.2) is 9.59 Å². The lowest BCUT2D eigenvalue weighted by molar-refractivity contribution is -0.137. The molecule has 0 atom stereocenters. The molecular formula is C14H21NO5. The maximum atomic E-state index is 10.5. The summed E-state index contributed by atoms with van der Waals surface area (Å²) in [6.07, 6.45) is 2.57.